The fourth-order valence-electron chi connectivity index (χ4n) is 3.44. The second-order valence-corrected chi connectivity index (χ2v) is 6.65. The number of aromatic carboxylic acids is 1. The van der Waals surface area contributed by atoms with Crippen LogP contribution in [0.3, 0.4) is 0 Å². The van der Waals surface area contributed by atoms with Gasteiger partial charge >= 0.3 is 5.97 Å². The van der Waals surface area contributed by atoms with E-state index in [-0.39, 0.29) is 11.3 Å². The van der Waals surface area contributed by atoms with E-state index >= 15 is 0 Å². The summed E-state index contributed by atoms with van der Waals surface area (Å²) in [5.41, 5.74) is 2.75. The van der Waals surface area contributed by atoms with Crippen LogP contribution in [0.1, 0.15) is 41.7 Å². The number of benzene rings is 1. The van der Waals surface area contributed by atoms with Crippen LogP contribution in [0.5, 0.6) is 5.75 Å². The standard InChI is InChI=1S/C20H19N3O3/c1-2-3-4-12-9-14(12)18-17-15(20(25)26)10-16(21-19(17)23-22-18)11-5-7-13(24)8-6-11/h2-3,5-8,10,12,14,24H,4,9H2,1H3,(H,25,26)(H,21,22,23). The number of H-pyrrole nitrogens is 1. The van der Waals surface area contributed by atoms with Crippen LogP contribution in [0.15, 0.2) is 42.5 Å². The molecule has 1 fully saturated rings. The van der Waals surface area contributed by atoms with Crippen LogP contribution >= 0.6 is 0 Å². The van der Waals surface area contributed by atoms with Crippen LogP contribution < -0.4 is 0 Å². The molecule has 2 unspecified atom stereocenters. The van der Waals surface area contributed by atoms with Gasteiger partial charge in [-0.1, -0.05) is 12.2 Å². The summed E-state index contributed by atoms with van der Waals surface area (Å²) < 4.78 is 0. The largest absolute Gasteiger partial charge is 0.508 e. The van der Waals surface area contributed by atoms with E-state index in [1.807, 2.05) is 13.0 Å². The molecule has 2 atom stereocenters. The van der Waals surface area contributed by atoms with E-state index in [4.69, 9.17) is 0 Å². The Kier molecular flexibility index (Phi) is 3.95. The third kappa shape index (κ3) is 2.83. The van der Waals surface area contributed by atoms with Crippen molar-refractivity contribution in [1.29, 1.82) is 0 Å². The number of phenolic OH excluding ortho intramolecular Hbond substituents is 1. The second kappa shape index (κ2) is 6.29. The zero-order chi connectivity index (χ0) is 18.3. The lowest BCUT2D eigenvalue weighted by Gasteiger charge is -2.05. The molecule has 6 heteroatoms. The Labute approximate surface area is 150 Å². The summed E-state index contributed by atoms with van der Waals surface area (Å²) in [6.07, 6.45) is 6.20. The van der Waals surface area contributed by atoms with Crippen LogP contribution in [0.4, 0.5) is 0 Å². The van der Waals surface area contributed by atoms with Gasteiger partial charge in [0.1, 0.15) is 5.75 Å². The summed E-state index contributed by atoms with van der Waals surface area (Å²) in [7, 11) is 0. The predicted molar refractivity (Wildman–Crippen MR) is 98.2 cm³/mol. The number of fused-ring (bicyclic) bond motifs is 1. The summed E-state index contributed by atoms with van der Waals surface area (Å²) in [5.74, 6) is -0.0223. The van der Waals surface area contributed by atoms with Gasteiger partial charge in [0.2, 0.25) is 0 Å². The van der Waals surface area contributed by atoms with Gasteiger partial charge in [-0.25, -0.2) is 9.78 Å². The van der Waals surface area contributed by atoms with E-state index < -0.39 is 5.97 Å². The molecule has 0 saturated heterocycles. The Bertz CT molecular complexity index is 1010. The number of pyridine rings is 1. The maximum Gasteiger partial charge on any atom is 0.336 e. The average molecular weight is 349 g/mol. The van der Waals surface area contributed by atoms with Gasteiger partial charge in [0, 0.05) is 17.2 Å². The number of nitrogens with zero attached hydrogens (tertiary/aromatic N) is 2. The Hall–Kier alpha value is -3.15. The fraction of sp³-hybridized carbons (Fsp3) is 0.250. The molecule has 4 rings (SSSR count). The Morgan fingerprint density at radius 3 is 2.81 bits per heavy atom. The van der Waals surface area contributed by atoms with E-state index in [9.17, 15) is 15.0 Å². The molecule has 2 aromatic heterocycles. The molecule has 0 aliphatic heterocycles. The predicted octanol–water partition coefficient (Wildman–Crippen LogP) is 4.10. The first-order valence-corrected chi connectivity index (χ1v) is 8.61. The number of phenols is 1. The Balaban J connectivity index is 1.79. The summed E-state index contributed by atoms with van der Waals surface area (Å²) in [6.45, 7) is 2.00. The molecule has 0 amide bonds. The van der Waals surface area contributed by atoms with Crippen molar-refractivity contribution in [2.24, 2.45) is 5.92 Å². The topological polar surface area (TPSA) is 99.1 Å². The first kappa shape index (κ1) is 16.3. The van der Waals surface area contributed by atoms with Gasteiger partial charge in [0.25, 0.3) is 0 Å². The third-order valence-corrected chi connectivity index (χ3v) is 4.91. The molecular weight excluding hydrogens is 330 g/mol. The monoisotopic (exact) mass is 349 g/mol. The minimum absolute atomic E-state index is 0.149. The molecule has 1 aliphatic rings. The van der Waals surface area contributed by atoms with Gasteiger partial charge in [-0.3, -0.25) is 5.10 Å². The number of allylic oxidation sites excluding steroid dienone is 2. The van der Waals surface area contributed by atoms with Crippen molar-refractivity contribution in [3.8, 4) is 17.0 Å². The Morgan fingerprint density at radius 1 is 1.35 bits per heavy atom. The van der Waals surface area contributed by atoms with Gasteiger partial charge < -0.3 is 10.2 Å². The van der Waals surface area contributed by atoms with Gasteiger partial charge in [-0.2, -0.15) is 5.10 Å². The van der Waals surface area contributed by atoms with Crippen LogP contribution in [0, 0.1) is 5.92 Å². The number of carbonyl (C=O) groups is 1. The molecular formula is C20H19N3O3. The molecule has 26 heavy (non-hydrogen) atoms. The lowest BCUT2D eigenvalue weighted by atomic mass is 10.0. The summed E-state index contributed by atoms with van der Waals surface area (Å²) >= 11 is 0. The highest BCUT2D eigenvalue weighted by Crippen LogP contribution is 2.51. The molecule has 0 spiro atoms. The number of rotatable bonds is 5. The van der Waals surface area contributed by atoms with Crippen molar-refractivity contribution in [2.75, 3.05) is 0 Å². The number of aromatic nitrogens is 3. The molecule has 2 heterocycles. The fourth-order valence-corrected chi connectivity index (χ4v) is 3.44. The minimum atomic E-state index is -0.995. The maximum atomic E-state index is 11.9. The number of nitrogens with one attached hydrogen (secondary N) is 1. The van der Waals surface area contributed by atoms with Gasteiger partial charge in [-0.15, -0.1) is 0 Å². The molecule has 1 aliphatic carbocycles. The zero-order valence-electron chi connectivity index (χ0n) is 14.3. The summed E-state index contributed by atoms with van der Waals surface area (Å²) in [6, 6.07) is 8.09. The van der Waals surface area contributed by atoms with Gasteiger partial charge in [0.05, 0.1) is 16.6 Å². The molecule has 1 saturated carbocycles. The smallest absolute Gasteiger partial charge is 0.336 e. The van der Waals surface area contributed by atoms with Crippen LogP contribution in [-0.4, -0.2) is 31.4 Å². The summed E-state index contributed by atoms with van der Waals surface area (Å²) in [4.78, 5) is 16.4. The van der Waals surface area contributed by atoms with E-state index in [1.54, 1.807) is 30.3 Å². The first-order chi connectivity index (χ1) is 12.6. The lowest BCUT2D eigenvalue weighted by molar-refractivity contribution is 0.0699. The highest BCUT2D eigenvalue weighted by molar-refractivity contribution is 6.04. The van der Waals surface area contributed by atoms with Crippen molar-refractivity contribution in [3.63, 3.8) is 0 Å². The van der Waals surface area contributed by atoms with E-state index in [2.05, 4.69) is 21.3 Å². The molecule has 3 N–H and O–H groups in total. The van der Waals surface area contributed by atoms with Crippen molar-refractivity contribution in [1.82, 2.24) is 15.2 Å². The molecule has 0 bridgehead atoms. The van der Waals surface area contributed by atoms with Crippen molar-refractivity contribution in [3.05, 3.63) is 53.7 Å². The molecule has 1 aromatic carbocycles. The summed E-state index contributed by atoms with van der Waals surface area (Å²) in [5, 5.41) is 27.1. The van der Waals surface area contributed by atoms with Crippen LogP contribution in [0.25, 0.3) is 22.3 Å². The zero-order valence-corrected chi connectivity index (χ0v) is 14.3. The van der Waals surface area contributed by atoms with Crippen molar-refractivity contribution in [2.45, 2.75) is 25.7 Å². The normalized spacial score (nSPS) is 19.3. The quantitative estimate of drug-likeness (QED) is 0.602. The Morgan fingerprint density at radius 2 is 2.12 bits per heavy atom. The maximum absolute atomic E-state index is 11.9. The number of hydrogen-bond acceptors (Lipinski definition) is 4. The second-order valence-electron chi connectivity index (χ2n) is 6.65. The van der Waals surface area contributed by atoms with E-state index in [0.717, 1.165) is 24.1 Å². The van der Waals surface area contributed by atoms with Crippen LogP contribution in [0.2, 0.25) is 0 Å². The molecule has 3 aromatic rings. The number of carboxylic acids is 1. The average Bonchev–Trinajstić information content (AvgIpc) is 3.28. The molecule has 0 radical (unpaired) electrons. The van der Waals surface area contributed by atoms with E-state index in [0.29, 0.717) is 28.6 Å². The lowest BCUT2D eigenvalue weighted by Crippen LogP contribution is -2.01. The van der Waals surface area contributed by atoms with E-state index in [1.165, 1.54) is 0 Å². The van der Waals surface area contributed by atoms with Crippen molar-refractivity contribution < 1.29 is 15.0 Å². The van der Waals surface area contributed by atoms with Gasteiger partial charge in [0.15, 0.2) is 5.65 Å². The molecule has 6 nitrogen and oxygen atoms in total. The molecule has 132 valence electrons. The highest BCUT2D eigenvalue weighted by Gasteiger charge is 2.40. The van der Waals surface area contributed by atoms with Gasteiger partial charge in [-0.05, 0) is 56.0 Å². The van der Waals surface area contributed by atoms with Crippen LogP contribution in [-0.2, 0) is 0 Å². The highest BCUT2D eigenvalue weighted by atomic mass is 16.4. The number of hydrogen-bond donors (Lipinski definition) is 3. The first-order valence-electron chi connectivity index (χ1n) is 8.61. The number of aromatic amines is 1. The minimum Gasteiger partial charge on any atom is -0.508 e. The third-order valence-electron chi connectivity index (χ3n) is 4.91. The SMILES string of the molecule is CC=CCC1CC1c1[nH]nc2nc(-c3ccc(O)cc3)cc(C(=O)O)c12. The number of carboxylic acid groups (broad SMARTS) is 1. The number of aromatic hydroxyl groups is 1. The van der Waals surface area contributed by atoms with Crippen molar-refractivity contribution >= 4 is 17.0 Å².